The standard InChI is InChI=1S/C20H15BrN4OS/c1-13-15(11-22-25(13)18-10-6-5-9-16(18)21)19(26)24-20-23-17(12-27-20)14-7-3-2-4-8-14/h2-12H,1H3,(H,23,24,26). The van der Waals surface area contributed by atoms with Crippen molar-refractivity contribution in [2.24, 2.45) is 0 Å². The van der Waals surface area contributed by atoms with Gasteiger partial charge in [-0.1, -0.05) is 42.5 Å². The van der Waals surface area contributed by atoms with Gasteiger partial charge in [0.1, 0.15) is 0 Å². The Labute approximate surface area is 168 Å². The highest BCUT2D eigenvalue weighted by atomic mass is 79.9. The van der Waals surface area contributed by atoms with Gasteiger partial charge in [0.2, 0.25) is 0 Å². The highest BCUT2D eigenvalue weighted by molar-refractivity contribution is 9.10. The zero-order valence-electron chi connectivity index (χ0n) is 14.4. The molecule has 2 aromatic carbocycles. The van der Waals surface area contributed by atoms with Gasteiger partial charge in [-0.05, 0) is 35.0 Å². The number of nitrogens with one attached hydrogen (secondary N) is 1. The van der Waals surface area contributed by atoms with E-state index in [1.54, 1.807) is 10.9 Å². The van der Waals surface area contributed by atoms with Crippen LogP contribution in [0.15, 0.2) is 70.6 Å². The van der Waals surface area contributed by atoms with Crippen LogP contribution in [0.1, 0.15) is 16.1 Å². The van der Waals surface area contributed by atoms with Crippen molar-refractivity contribution in [3.8, 4) is 16.9 Å². The molecule has 27 heavy (non-hydrogen) atoms. The van der Waals surface area contributed by atoms with E-state index in [2.05, 4.69) is 31.3 Å². The van der Waals surface area contributed by atoms with Crippen molar-refractivity contribution in [1.82, 2.24) is 14.8 Å². The molecule has 1 N–H and O–H groups in total. The largest absolute Gasteiger partial charge is 0.298 e. The average Bonchev–Trinajstić information content (AvgIpc) is 3.30. The first kappa shape index (κ1) is 17.6. The van der Waals surface area contributed by atoms with Gasteiger partial charge in [-0.25, -0.2) is 9.67 Å². The average molecular weight is 439 g/mol. The van der Waals surface area contributed by atoms with Crippen LogP contribution in [-0.4, -0.2) is 20.7 Å². The summed E-state index contributed by atoms with van der Waals surface area (Å²) in [4.78, 5) is 17.2. The van der Waals surface area contributed by atoms with Crippen molar-refractivity contribution in [3.63, 3.8) is 0 Å². The van der Waals surface area contributed by atoms with Gasteiger partial charge < -0.3 is 0 Å². The number of carbonyl (C=O) groups excluding carboxylic acids is 1. The molecule has 5 nitrogen and oxygen atoms in total. The lowest BCUT2D eigenvalue weighted by Crippen LogP contribution is -2.13. The lowest BCUT2D eigenvalue weighted by molar-refractivity contribution is 0.102. The zero-order valence-corrected chi connectivity index (χ0v) is 16.8. The normalized spacial score (nSPS) is 10.7. The van der Waals surface area contributed by atoms with Crippen LogP contribution in [0, 0.1) is 6.92 Å². The van der Waals surface area contributed by atoms with E-state index in [9.17, 15) is 4.79 Å². The van der Waals surface area contributed by atoms with Crippen LogP contribution >= 0.6 is 27.3 Å². The third kappa shape index (κ3) is 3.56. The third-order valence-electron chi connectivity index (χ3n) is 4.13. The van der Waals surface area contributed by atoms with Crippen molar-refractivity contribution < 1.29 is 4.79 Å². The second kappa shape index (κ2) is 7.46. The van der Waals surface area contributed by atoms with Gasteiger partial charge in [-0.15, -0.1) is 11.3 Å². The Balaban J connectivity index is 1.56. The number of benzene rings is 2. The number of halogens is 1. The molecule has 1 amide bonds. The molecule has 0 bridgehead atoms. The Morgan fingerprint density at radius 3 is 2.63 bits per heavy atom. The minimum Gasteiger partial charge on any atom is -0.298 e. The Morgan fingerprint density at radius 2 is 1.85 bits per heavy atom. The van der Waals surface area contributed by atoms with Crippen molar-refractivity contribution in [1.29, 1.82) is 0 Å². The molecular formula is C20H15BrN4OS. The summed E-state index contributed by atoms with van der Waals surface area (Å²) >= 11 is 4.92. The van der Waals surface area contributed by atoms with E-state index >= 15 is 0 Å². The molecule has 0 saturated heterocycles. The third-order valence-corrected chi connectivity index (χ3v) is 5.56. The van der Waals surface area contributed by atoms with E-state index < -0.39 is 0 Å². The number of rotatable bonds is 4. The summed E-state index contributed by atoms with van der Waals surface area (Å²) < 4.78 is 2.66. The number of hydrogen-bond acceptors (Lipinski definition) is 4. The smallest absolute Gasteiger partial charge is 0.260 e. The molecule has 4 rings (SSSR count). The number of carbonyl (C=O) groups is 1. The Hall–Kier alpha value is -2.77. The summed E-state index contributed by atoms with van der Waals surface area (Å²) in [7, 11) is 0. The molecule has 0 fully saturated rings. The fourth-order valence-corrected chi connectivity index (χ4v) is 3.90. The van der Waals surface area contributed by atoms with E-state index in [-0.39, 0.29) is 5.91 Å². The van der Waals surface area contributed by atoms with Gasteiger partial charge in [0, 0.05) is 15.4 Å². The van der Waals surface area contributed by atoms with E-state index in [0.29, 0.717) is 10.7 Å². The number of para-hydroxylation sites is 1. The van der Waals surface area contributed by atoms with Crippen LogP contribution in [0.2, 0.25) is 0 Å². The van der Waals surface area contributed by atoms with E-state index in [4.69, 9.17) is 0 Å². The van der Waals surface area contributed by atoms with Crippen LogP contribution < -0.4 is 5.32 Å². The maximum atomic E-state index is 12.7. The molecule has 2 aromatic heterocycles. The van der Waals surface area contributed by atoms with Crippen LogP contribution in [0.3, 0.4) is 0 Å². The summed E-state index contributed by atoms with van der Waals surface area (Å²) in [6, 6.07) is 17.6. The van der Waals surface area contributed by atoms with E-state index in [0.717, 1.165) is 27.1 Å². The first-order chi connectivity index (χ1) is 13.1. The number of thiazole rings is 1. The lowest BCUT2D eigenvalue weighted by Gasteiger charge is -2.07. The predicted octanol–water partition coefficient (Wildman–Crippen LogP) is 5.32. The maximum Gasteiger partial charge on any atom is 0.260 e. The molecule has 0 atom stereocenters. The monoisotopic (exact) mass is 438 g/mol. The highest BCUT2D eigenvalue weighted by Gasteiger charge is 2.17. The van der Waals surface area contributed by atoms with Crippen LogP contribution in [0.5, 0.6) is 0 Å². The van der Waals surface area contributed by atoms with Crippen LogP contribution in [-0.2, 0) is 0 Å². The van der Waals surface area contributed by atoms with Gasteiger partial charge in [-0.3, -0.25) is 10.1 Å². The lowest BCUT2D eigenvalue weighted by atomic mass is 10.2. The molecule has 0 unspecified atom stereocenters. The summed E-state index contributed by atoms with van der Waals surface area (Å²) in [5, 5.41) is 9.74. The molecule has 4 aromatic rings. The number of nitrogens with zero attached hydrogens (tertiary/aromatic N) is 3. The zero-order chi connectivity index (χ0) is 18.8. The molecule has 0 spiro atoms. The summed E-state index contributed by atoms with van der Waals surface area (Å²) in [6.07, 6.45) is 1.58. The molecule has 134 valence electrons. The number of anilines is 1. The van der Waals surface area contributed by atoms with Gasteiger partial charge >= 0.3 is 0 Å². The maximum absolute atomic E-state index is 12.7. The second-order valence-electron chi connectivity index (χ2n) is 5.86. The minimum absolute atomic E-state index is 0.222. The van der Waals surface area contributed by atoms with Crippen LogP contribution in [0.4, 0.5) is 5.13 Å². The number of hydrogen-bond donors (Lipinski definition) is 1. The van der Waals surface area contributed by atoms with Crippen LogP contribution in [0.25, 0.3) is 16.9 Å². The number of amides is 1. The first-order valence-electron chi connectivity index (χ1n) is 8.25. The molecular weight excluding hydrogens is 424 g/mol. The van der Waals surface area contributed by atoms with Crippen molar-refractivity contribution >= 4 is 38.3 Å². The Bertz CT molecular complexity index is 1100. The summed E-state index contributed by atoms with van der Waals surface area (Å²) in [6.45, 7) is 1.87. The quantitative estimate of drug-likeness (QED) is 0.468. The number of aromatic nitrogens is 3. The van der Waals surface area contributed by atoms with E-state index in [1.165, 1.54) is 11.3 Å². The van der Waals surface area contributed by atoms with Gasteiger partial charge in [0.15, 0.2) is 5.13 Å². The molecule has 0 aliphatic carbocycles. The minimum atomic E-state index is -0.222. The van der Waals surface area contributed by atoms with Gasteiger partial charge in [0.05, 0.1) is 28.8 Å². The molecule has 7 heteroatoms. The molecule has 0 saturated carbocycles. The Kier molecular flexibility index (Phi) is 4.87. The SMILES string of the molecule is Cc1c(C(=O)Nc2nc(-c3ccccc3)cs2)cnn1-c1ccccc1Br. The van der Waals surface area contributed by atoms with E-state index in [1.807, 2.05) is 66.9 Å². The first-order valence-corrected chi connectivity index (χ1v) is 9.92. The topological polar surface area (TPSA) is 59.8 Å². The van der Waals surface area contributed by atoms with Crippen molar-refractivity contribution in [2.75, 3.05) is 5.32 Å². The highest BCUT2D eigenvalue weighted by Crippen LogP contribution is 2.26. The molecule has 0 aliphatic heterocycles. The second-order valence-corrected chi connectivity index (χ2v) is 7.58. The van der Waals surface area contributed by atoms with Crippen molar-refractivity contribution in [2.45, 2.75) is 6.92 Å². The summed E-state index contributed by atoms with van der Waals surface area (Å²) in [5.74, 6) is -0.222. The van der Waals surface area contributed by atoms with Crippen molar-refractivity contribution in [3.05, 3.63) is 81.9 Å². The molecule has 2 heterocycles. The summed E-state index contributed by atoms with van der Waals surface area (Å²) in [5.41, 5.74) is 4.03. The molecule has 0 radical (unpaired) electrons. The fourth-order valence-electron chi connectivity index (χ4n) is 2.74. The predicted molar refractivity (Wildman–Crippen MR) is 112 cm³/mol. The fraction of sp³-hybridized carbons (Fsp3) is 0.0500. The van der Waals surface area contributed by atoms with Gasteiger partial charge in [-0.2, -0.15) is 5.10 Å². The molecule has 0 aliphatic rings. The van der Waals surface area contributed by atoms with Gasteiger partial charge in [0.25, 0.3) is 5.91 Å². The Morgan fingerprint density at radius 1 is 1.11 bits per heavy atom.